The van der Waals surface area contributed by atoms with Gasteiger partial charge in [-0.3, -0.25) is 9.78 Å². The summed E-state index contributed by atoms with van der Waals surface area (Å²) in [6, 6.07) is 9.43. The number of thiazole rings is 1. The van der Waals surface area contributed by atoms with Crippen LogP contribution in [0.2, 0.25) is 0 Å². The summed E-state index contributed by atoms with van der Waals surface area (Å²) in [5.74, 6) is -0.101. The Balaban J connectivity index is 1.68. The number of carbonyl (C=O) groups is 1. The van der Waals surface area contributed by atoms with Crippen LogP contribution >= 0.6 is 43.2 Å². The molecule has 0 bridgehead atoms. The number of benzene rings is 1. The van der Waals surface area contributed by atoms with Gasteiger partial charge in [-0.2, -0.15) is 0 Å². The molecule has 0 aliphatic rings. The first kappa shape index (κ1) is 16.3. The maximum atomic E-state index is 12.2. The Hall–Kier alpha value is -1.57. The van der Waals surface area contributed by atoms with E-state index in [4.69, 9.17) is 0 Å². The molecule has 23 heavy (non-hydrogen) atoms. The van der Waals surface area contributed by atoms with Gasteiger partial charge < -0.3 is 5.32 Å². The summed E-state index contributed by atoms with van der Waals surface area (Å²) < 4.78 is 1.78. The Morgan fingerprint density at radius 1 is 1.26 bits per heavy atom. The van der Waals surface area contributed by atoms with Crippen LogP contribution in [0.4, 0.5) is 5.69 Å². The van der Waals surface area contributed by atoms with E-state index in [0.29, 0.717) is 0 Å². The first-order chi connectivity index (χ1) is 11.1. The lowest BCUT2D eigenvalue weighted by atomic mass is 10.2. The number of nitrogens with one attached hydrogen (secondary N) is 1. The van der Waals surface area contributed by atoms with Crippen LogP contribution in [0.5, 0.6) is 0 Å². The molecule has 0 unspecified atom stereocenters. The molecule has 3 rings (SSSR count). The molecule has 0 saturated carbocycles. The fourth-order valence-electron chi connectivity index (χ4n) is 1.96. The summed E-state index contributed by atoms with van der Waals surface area (Å²) >= 11 is 8.32. The molecule has 0 spiro atoms. The minimum atomic E-state index is -0.101. The molecule has 2 heterocycles. The van der Waals surface area contributed by atoms with Crippen molar-refractivity contribution in [3.8, 4) is 10.6 Å². The number of hydrogen-bond donors (Lipinski definition) is 1. The van der Waals surface area contributed by atoms with Crippen molar-refractivity contribution in [3.63, 3.8) is 0 Å². The smallest absolute Gasteiger partial charge is 0.230 e. The third kappa shape index (κ3) is 4.25. The maximum absolute atomic E-state index is 12.2. The highest BCUT2D eigenvalue weighted by Gasteiger charge is 2.11. The van der Waals surface area contributed by atoms with Crippen LogP contribution in [0.3, 0.4) is 0 Å². The van der Waals surface area contributed by atoms with Crippen molar-refractivity contribution < 1.29 is 4.79 Å². The van der Waals surface area contributed by atoms with Gasteiger partial charge in [-0.1, -0.05) is 15.9 Å². The van der Waals surface area contributed by atoms with Crippen LogP contribution in [-0.4, -0.2) is 15.9 Å². The molecule has 0 radical (unpaired) electrons. The summed E-state index contributed by atoms with van der Waals surface area (Å²) in [4.78, 5) is 20.8. The van der Waals surface area contributed by atoms with Crippen molar-refractivity contribution >= 4 is 54.8 Å². The second-order valence-electron chi connectivity index (χ2n) is 4.73. The monoisotopic (exact) mass is 451 g/mol. The predicted octanol–water partition coefficient (Wildman–Crippen LogP) is 4.91. The molecular weight excluding hydrogens is 442 g/mol. The number of rotatable bonds is 4. The van der Waals surface area contributed by atoms with Crippen LogP contribution in [0, 0.1) is 0 Å². The molecule has 1 amide bonds. The van der Waals surface area contributed by atoms with Crippen molar-refractivity contribution in [2.45, 2.75) is 6.42 Å². The zero-order valence-corrected chi connectivity index (χ0v) is 15.8. The van der Waals surface area contributed by atoms with E-state index >= 15 is 0 Å². The maximum Gasteiger partial charge on any atom is 0.230 e. The van der Waals surface area contributed by atoms with Gasteiger partial charge in [-0.05, 0) is 46.3 Å². The third-order valence-electron chi connectivity index (χ3n) is 3.01. The van der Waals surface area contributed by atoms with Crippen molar-refractivity contribution in [1.82, 2.24) is 9.97 Å². The molecule has 0 atom stereocenters. The molecule has 1 aromatic carbocycles. The highest BCUT2D eigenvalue weighted by molar-refractivity contribution is 9.11. The number of carbonyl (C=O) groups excluding carboxylic acids is 1. The standard InChI is InChI=1S/C16H11Br2N3OS/c17-11-3-4-14(13(18)6-11)21-15(22)7-12-9-23-16(20-12)10-2-1-5-19-8-10/h1-6,8-9H,7H2,(H,21,22). The van der Waals surface area contributed by atoms with E-state index in [-0.39, 0.29) is 12.3 Å². The molecule has 0 aliphatic carbocycles. The fourth-order valence-corrected chi connectivity index (χ4v) is 3.92. The highest BCUT2D eigenvalue weighted by atomic mass is 79.9. The van der Waals surface area contributed by atoms with Crippen LogP contribution in [0.15, 0.2) is 57.1 Å². The van der Waals surface area contributed by atoms with E-state index in [1.54, 1.807) is 12.4 Å². The largest absolute Gasteiger partial charge is 0.325 e. The lowest BCUT2D eigenvalue weighted by Crippen LogP contribution is -2.14. The van der Waals surface area contributed by atoms with Crippen LogP contribution in [-0.2, 0) is 11.2 Å². The molecule has 3 aromatic rings. The minimum Gasteiger partial charge on any atom is -0.325 e. The Bertz CT molecular complexity index is 836. The summed E-state index contributed by atoms with van der Waals surface area (Å²) in [7, 11) is 0. The van der Waals surface area contributed by atoms with E-state index in [1.807, 2.05) is 35.7 Å². The summed E-state index contributed by atoms with van der Waals surface area (Å²) in [5.41, 5.74) is 2.44. The highest BCUT2D eigenvalue weighted by Crippen LogP contribution is 2.27. The Labute approximate surface area is 154 Å². The van der Waals surface area contributed by atoms with Crippen molar-refractivity contribution in [3.05, 3.63) is 62.7 Å². The average Bonchev–Trinajstić information content (AvgIpc) is 2.99. The topological polar surface area (TPSA) is 54.9 Å². The predicted molar refractivity (Wildman–Crippen MR) is 99.5 cm³/mol. The zero-order chi connectivity index (χ0) is 16.2. The number of pyridine rings is 1. The molecule has 1 N–H and O–H groups in total. The third-order valence-corrected chi connectivity index (χ3v) is 5.10. The molecule has 2 aromatic heterocycles. The Kier molecular flexibility index (Phi) is 5.20. The van der Waals surface area contributed by atoms with Gasteiger partial charge in [0.1, 0.15) is 5.01 Å². The molecule has 4 nitrogen and oxygen atoms in total. The van der Waals surface area contributed by atoms with Crippen molar-refractivity contribution in [2.24, 2.45) is 0 Å². The lowest BCUT2D eigenvalue weighted by molar-refractivity contribution is -0.115. The van der Waals surface area contributed by atoms with Gasteiger partial charge >= 0.3 is 0 Å². The first-order valence-electron chi connectivity index (χ1n) is 6.71. The fraction of sp³-hybridized carbons (Fsp3) is 0.0625. The number of nitrogens with zero attached hydrogens (tertiary/aromatic N) is 2. The summed E-state index contributed by atoms with van der Waals surface area (Å²) in [6.07, 6.45) is 3.72. The second kappa shape index (κ2) is 7.33. The van der Waals surface area contributed by atoms with Gasteiger partial charge in [-0.25, -0.2) is 4.98 Å². The summed E-state index contributed by atoms with van der Waals surface area (Å²) in [5, 5.41) is 5.65. The van der Waals surface area contributed by atoms with Crippen molar-refractivity contribution in [1.29, 1.82) is 0 Å². The van der Waals surface area contributed by atoms with Crippen LogP contribution in [0.25, 0.3) is 10.6 Å². The molecule has 0 fully saturated rings. The number of hydrogen-bond acceptors (Lipinski definition) is 4. The van der Waals surface area contributed by atoms with E-state index in [2.05, 4.69) is 47.1 Å². The number of amides is 1. The normalized spacial score (nSPS) is 10.5. The molecule has 116 valence electrons. The van der Waals surface area contributed by atoms with Crippen molar-refractivity contribution in [2.75, 3.05) is 5.32 Å². The van der Waals surface area contributed by atoms with E-state index in [0.717, 1.165) is 30.9 Å². The molecule has 0 aliphatic heterocycles. The van der Waals surface area contributed by atoms with Crippen LogP contribution < -0.4 is 5.32 Å². The van der Waals surface area contributed by atoms with Gasteiger partial charge in [0, 0.05) is 32.3 Å². The molecular formula is C16H11Br2N3OS. The first-order valence-corrected chi connectivity index (χ1v) is 9.18. The van der Waals surface area contributed by atoms with Gasteiger partial charge in [0.2, 0.25) is 5.91 Å². The van der Waals surface area contributed by atoms with Crippen LogP contribution in [0.1, 0.15) is 5.69 Å². The quantitative estimate of drug-likeness (QED) is 0.611. The van der Waals surface area contributed by atoms with Gasteiger partial charge in [-0.15, -0.1) is 11.3 Å². The Morgan fingerprint density at radius 3 is 2.87 bits per heavy atom. The summed E-state index contributed by atoms with van der Waals surface area (Å²) in [6.45, 7) is 0. The van der Waals surface area contributed by atoms with E-state index in [9.17, 15) is 4.79 Å². The van der Waals surface area contributed by atoms with Gasteiger partial charge in [0.05, 0.1) is 17.8 Å². The number of anilines is 1. The number of halogens is 2. The van der Waals surface area contributed by atoms with Gasteiger partial charge in [0.15, 0.2) is 0 Å². The zero-order valence-electron chi connectivity index (χ0n) is 11.8. The minimum absolute atomic E-state index is 0.101. The SMILES string of the molecule is O=C(Cc1csc(-c2cccnc2)n1)Nc1ccc(Br)cc1Br. The second-order valence-corrected chi connectivity index (χ2v) is 7.36. The molecule has 7 heteroatoms. The lowest BCUT2D eigenvalue weighted by Gasteiger charge is -2.06. The number of aromatic nitrogens is 2. The van der Waals surface area contributed by atoms with E-state index < -0.39 is 0 Å². The average molecular weight is 453 g/mol. The Morgan fingerprint density at radius 2 is 2.13 bits per heavy atom. The molecule has 0 saturated heterocycles. The van der Waals surface area contributed by atoms with Gasteiger partial charge in [0.25, 0.3) is 0 Å². The van der Waals surface area contributed by atoms with E-state index in [1.165, 1.54) is 11.3 Å².